The molecule has 2 amide bonds. The van der Waals surface area contributed by atoms with Crippen molar-refractivity contribution in [2.45, 2.75) is 26.2 Å². The molecule has 6 heteroatoms. The van der Waals surface area contributed by atoms with E-state index in [0.717, 1.165) is 16.1 Å². The van der Waals surface area contributed by atoms with Crippen molar-refractivity contribution in [3.8, 4) is 10.6 Å². The van der Waals surface area contributed by atoms with Gasteiger partial charge in [0.15, 0.2) is 0 Å². The number of carbonyl (C=O) groups excluding carboxylic acids is 2. The molecular weight excluding hydrogens is 358 g/mol. The zero-order valence-electron chi connectivity index (χ0n) is 15.2. The Kier molecular flexibility index (Phi) is 5.98. The third-order valence-corrected chi connectivity index (χ3v) is 5.45. The predicted octanol–water partition coefficient (Wildman–Crippen LogP) is 4.07. The highest BCUT2D eigenvalue weighted by Gasteiger charge is 2.21. The van der Waals surface area contributed by atoms with Crippen LogP contribution in [0.25, 0.3) is 10.6 Å². The van der Waals surface area contributed by atoms with Gasteiger partial charge in [0.25, 0.3) is 5.91 Å². The van der Waals surface area contributed by atoms with Crippen LogP contribution in [0.15, 0.2) is 60.7 Å². The summed E-state index contributed by atoms with van der Waals surface area (Å²) in [6, 6.07) is 19.2. The summed E-state index contributed by atoms with van der Waals surface area (Å²) in [4.78, 5) is 30.0. The van der Waals surface area contributed by atoms with Crippen LogP contribution < -0.4 is 10.9 Å². The third-order valence-electron chi connectivity index (χ3n) is 4.25. The Hall–Kier alpha value is -2.99. The minimum absolute atomic E-state index is 0.234. The SMILES string of the molecule is CCC(C(=O)NNC(=O)c1sc(-c2ccccc2)nc1C)c1ccccc1. The van der Waals surface area contributed by atoms with Crippen LogP contribution in [0.4, 0.5) is 0 Å². The van der Waals surface area contributed by atoms with Crippen molar-refractivity contribution in [1.29, 1.82) is 0 Å². The van der Waals surface area contributed by atoms with Gasteiger partial charge in [-0.2, -0.15) is 0 Å². The molecule has 138 valence electrons. The lowest BCUT2D eigenvalue weighted by atomic mass is 9.96. The normalized spacial score (nSPS) is 11.6. The molecule has 2 N–H and O–H groups in total. The highest BCUT2D eigenvalue weighted by atomic mass is 32.1. The van der Waals surface area contributed by atoms with Crippen LogP contribution in [0.5, 0.6) is 0 Å². The molecule has 0 fully saturated rings. The van der Waals surface area contributed by atoms with Crippen molar-refractivity contribution < 1.29 is 9.59 Å². The molecule has 0 aliphatic rings. The van der Waals surface area contributed by atoms with Gasteiger partial charge in [-0.3, -0.25) is 20.4 Å². The number of benzene rings is 2. The second kappa shape index (κ2) is 8.60. The van der Waals surface area contributed by atoms with E-state index in [-0.39, 0.29) is 17.7 Å². The number of hydrazine groups is 1. The molecule has 1 aromatic heterocycles. The third kappa shape index (κ3) is 4.41. The van der Waals surface area contributed by atoms with Crippen LogP contribution in [-0.2, 0) is 4.79 Å². The molecular formula is C21H21N3O2S. The van der Waals surface area contributed by atoms with E-state index in [9.17, 15) is 9.59 Å². The van der Waals surface area contributed by atoms with Gasteiger partial charge in [-0.15, -0.1) is 11.3 Å². The zero-order valence-corrected chi connectivity index (χ0v) is 16.0. The molecule has 5 nitrogen and oxygen atoms in total. The molecule has 1 unspecified atom stereocenters. The second-order valence-corrected chi connectivity index (χ2v) is 7.11. The fourth-order valence-corrected chi connectivity index (χ4v) is 3.80. The van der Waals surface area contributed by atoms with Crippen LogP contribution in [0.1, 0.15) is 40.2 Å². The van der Waals surface area contributed by atoms with E-state index in [0.29, 0.717) is 17.0 Å². The molecule has 2 aromatic carbocycles. The van der Waals surface area contributed by atoms with Crippen molar-refractivity contribution in [1.82, 2.24) is 15.8 Å². The number of aromatic nitrogens is 1. The maximum atomic E-state index is 12.5. The van der Waals surface area contributed by atoms with E-state index in [4.69, 9.17) is 0 Å². The molecule has 1 heterocycles. The van der Waals surface area contributed by atoms with E-state index in [1.165, 1.54) is 11.3 Å². The quantitative estimate of drug-likeness (QED) is 0.657. The molecule has 0 aliphatic heterocycles. The molecule has 0 saturated heterocycles. The van der Waals surface area contributed by atoms with Gasteiger partial charge in [-0.05, 0) is 18.9 Å². The van der Waals surface area contributed by atoms with E-state index >= 15 is 0 Å². The Labute approximate surface area is 162 Å². The van der Waals surface area contributed by atoms with Gasteiger partial charge in [0.05, 0.1) is 11.6 Å². The number of nitrogens with zero attached hydrogens (tertiary/aromatic N) is 1. The summed E-state index contributed by atoms with van der Waals surface area (Å²) in [6.07, 6.45) is 0.642. The first kappa shape index (κ1) is 18.8. The number of amides is 2. The van der Waals surface area contributed by atoms with Crippen LogP contribution in [0, 0.1) is 6.92 Å². The number of hydrogen-bond donors (Lipinski definition) is 2. The maximum Gasteiger partial charge on any atom is 0.281 e. The minimum atomic E-state index is -0.358. The fraction of sp³-hybridized carbons (Fsp3) is 0.190. The fourth-order valence-electron chi connectivity index (χ4n) is 2.83. The van der Waals surface area contributed by atoms with Crippen LogP contribution in [0.2, 0.25) is 0 Å². The van der Waals surface area contributed by atoms with Gasteiger partial charge >= 0.3 is 0 Å². The number of rotatable bonds is 5. The van der Waals surface area contributed by atoms with Gasteiger partial charge in [0.2, 0.25) is 5.91 Å². The topological polar surface area (TPSA) is 71.1 Å². The molecule has 0 aliphatic carbocycles. The van der Waals surface area contributed by atoms with Crippen LogP contribution in [-0.4, -0.2) is 16.8 Å². The number of hydrogen-bond acceptors (Lipinski definition) is 4. The maximum absolute atomic E-state index is 12.5. The summed E-state index contributed by atoms with van der Waals surface area (Å²) >= 11 is 1.31. The van der Waals surface area contributed by atoms with Crippen molar-refractivity contribution in [3.05, 3.63) is 76.8 Å². The van der Waals surface area contributed by atoms with E-state index in [1.807, 2.05) is 67.6 Å². The molecule has 27 heavy (non-hydrogen) atoms. The Morgan fingerprint density at radius 2 is 1.63 bits per heavy atom. The molecule has 3 aromatic rings. The summed E-state index contributed by atoms with van der Waals surface area (Å²) in [7, 11) is 0. The summed E-state index contributed by atoms with van der Waals surface area (Å²) in [6.45, 7) is 3.73. The summed E-state index contributed by atoms with van der Waals surface area (Å²) in [5.74, 6) is -0.903. The number of carbonyl (C=O) groups is 2. The first-order valence-electron chi connectivity index (χ1n) is 8.78. The van der Waals surface area contributed by atoms with Crippen molar-refractivity contribution in [3.63, 3.8) is 0 Å². The number of thiazole rings is 1. The Morgan fingerprint density at radius 1 is 1.00 bits per heavy atom. The monoisotopic (exact) mass is 379 g/mol. The molecule has 3 rings (SSSR count). The standard InChI is InChI=1S/C21H21N3O2S/c1-3-17(15-10-6-4-7-11-15)19(25)23-24-20(26)18-14(2)22-21(27-18)16-12-8-5-9-13-16/h4-13,17H,3H2,1-2H3,(H,23,25)(H,24,26). The Balaban J connectivity index is 1.67. The summed E-state index contributed by atoms with van der Waals surface area (Å²) in [5, 5.41) is 0.778. The van der Waals surface area contributed by atoms with Crippen LogP contribution in [0.3, 0.4) is 0 Å². The van der Waals surface area contributed by atoms with Crippen molar-refractivity contribution in [2.24, 2.45) is 0 Å². The zero-order chi connectivity index (χ0) is 19.2. The summed E-state index contributed by atoms with van der Waals surface area (Å²) < 4.78 is 0. The Bertz CT molecular complexity index is 923. The lowest BCUT2D eigenvalue weighted by molar-refractivity contribution is -0.123. The van der Waals surface area contributed by atoms with Crippen molar-refractivity contribution in [2.75, 3.05) is 0 Å². The molecule has 0 radical (unpaired) electrons. The molecule has 0 bridgehead atoms. The lowest BCUT2D eigenvalue weighted by Gasteiger charge is -2.15. The molecule has 0 saturated carbocycles. The molecule has 1 atom stereocenters. The van der Waals surface area contributed by atoms with E-state index in [2.05, 4.69) is 15.8 Å². The average molecular weight is 379 g/mol. The predicted molar refractivity (Wildman–Crippen MR) is 107 cm³/mol. The van der Waals surface area contributed by atoms with Crippen LogP contribution >= 0.6 is 11.3 Å². The molecule has 0 spiro atoms. The first-order chi connectivity index (χ1) is 13.1. The van der Waals surface area contributed by atoms with Gasteiger partial charge in [-0.1, -0.05) is 67.6 Å². The van der Waals surface area contributed by atoms with Gasteiger partial charge in [0, 0.05) is 5.56 Å². The minimum Gasteiger partial charge on any atom is -0.273 e. The second-order valence-electron chi connectivity index (χ2n) is 6.11. The number of aryl methyl sites for hydroxylation is 1. The van der Waals surface area contributed by atoms with Gasteiger partial charge in [0.1, 0.15) is 9.88 Å². The van der Waals surface area contributed by atoms with Gasteiger partial charge < -0.3 is 0 Å². The van der Waals surface area contributed by atoms with Gasteiger partial charge in [-0.25, -0.2) is 4.98 Å². The highest BCUT2D eigenvalue weighted by molar-refractivity contribution is 7.17. The Morgan fingerprint density at radius 3 is 2.26 bits per heavy atom. The first-order valence-corrected chi connectivity index (χ1v) is 9.59. The van der Waals surface area contributed by atoms with E-state index in [1.54, 1.807) is 6.92 Å². The lowest BCUT2D eigenvalue weighted by Crippen LogP contribution is -2.43. The smallest absolute Gasteiger partial charge is 0.273 e. The largest absolute Gasteiger partial charge is 0.281 e. The van der Waals surface area contributed by atoms with E-state index < -0.39 is 0 Å². The average Bonchev–Trinajstić information content (AvgIpc) is 3.10. The summed E-state index contributed by atoms with van der Waals surface area (Å²) in [5.41, 5.74) is 7.59. The van der Waals surface area contributed by atoms with Crippen molar-refractivity contribution >= 4 is 23.2 Å². The highest BCUT2D eigenvalue weighted by Crippen LogP contribution is 2.27. The number of nitrogens with one attached hydrogen (secondary N) is 2.